The van der Waals surface area contributed by atoms with Crippen LogP contribution in [0.3, 0.4) is 0 Å². The lowest BCUT2D eigenvalue weighted by atomic mass is 10.1. The fourth-order valence-corrected chi connectivity index (χ4v) is 2.48. The molecule has 1 aromatic carbocycles. The maximum Gasteiger partial charge on any atom is 0.0423 e. The highest BCUT2D eigenvalue weighted by atomic mass is 35.5. The number of hydrogen-bond acceptors (Lipinski definition) is 1. The molecule has 1 aromatic rings. The van der Waals surface area contributed by atoms with E-state index in [4.69, 9.17) is 23.2 Å². The third kappa shape index (κ3) is 2.22. The van der Waals surface area contributed by atoms with E-state index in [1.807, 2.05) is 19.2 Å². The van der Waals surface area contributed by atoms with E-state index in [9.17, 15) is 0 Å². The Morgan fingerprint density at radius 2 is 1.93 bits per heavy atom. The van der Waals surface area contributed by atoms with E-state index in [1.54, 1.807) is 6.07 Å². The van der Waals surface area contributed by atoms with Crippen LogP contribution in [0.5, 0.6) is 0 Å². The maximum absolute atomic E-state index is 5.95. The summed E-state index contributed by atoms with van der Waals surface area (Å²) in [5.74, 6) is 1.41. The van der Waals surface area contributed by atoms with E-state index in [0.29, 0.717) is 5.92 Å². The maximum atomic E-state index is 5.95. The van der Waals surface area contributed by atoms with Crippen molar-refractivity contribution in [2.24, 2.45) is 5.92 Å². The molecular formula is C11H13Cl2N. The Hall–Kier alpha value is -0.240. The van der Waals surface area contributed by atoms with Crippen LogP contribution < -0.4 is 5.32 Å². The van der Waals surface area contributed by atoms with Gasteiger partial charge in [-0.25, -0.2) is 0 Å². The number of halogens is 2. The van der Waals surface area contributed by atoms with Crippen LogP contribution in [0.15, 0.2) is 18.2 Å². The first kappa shape index (κ1) is 10.3. The van der Waals surface area contributed by atoms with Crippen molar-refractivity contribution in [2.45, 2.75) is 12.3 Å². The topological polar surface area (TPSA) is 12.0 Å². The second-order valence-electron chi connectivity index (χ2n) is 3.86. The molecular weight excluding hydrogens is 217 g/mol. The van der Waals surface area contributed by atoms with Crippen molar-refractivity contribution in [3.05, 3.63) is 33.8 Å². The summed E-state index contributed by atoms with van der Waals surface area (Å²) in [6, 6.07) is 5.82. The van der Waals surface area contributed by atoms with Crippen molar-refractivity contribution in [3.8, 4) is 0 Å². The van der Waals surface area contributed by atoms with Crippen molar-refractivity contribution in [1.29, 1.82) is 0 Å². The number of nitrogens with one attached hydrogen (secondary N) is 1. The van der Waals surface area contributed by atoms with Gasteiger partial charge in [0.2, 0.25) is 0 Å². The van der Waals surface area contributed by atoms with Gasteiger partial charge in [0, 0.05) is 10.0 Å². The van der Waals surface area contributed by atoms with Gasteiger partial charge in [-0.2, -0.15) is 0 Å². The summed E-state index contributed by atoms with van der Waals surface area (Å²) in [7, 11) is 1.99. The molecule has 1 aliphatic carbocycles. The molecule has 0 spiro atoms. The van der Waals surface area contributed by atoms with Crippen molar-refractivity contribution in [2.75, 3.05) is 13.6 Å². The number of rotatable bonds is 3. The first-order valence-corrected chi connectivity index (χ1v) is 5.57. The molecule has 3 heteroatoms. The first-order valence-electron chi connectivity index (χ1n) is 4.81. The molecule has 1 fully saturated rings. The Morgan fingerprint density at radius 3 is 2.50 bits per heavy atom. The van der Waals surface area contributed by atoms with Gasteiger partial charge in [0.05, 0.1) is 0 Å². The molecule has 0 aliphatic heterocycles. The highest BCUT2D eigenvalue weighted by Crippen LogP contribution is 2.47. The summed E-state index contributed by atoms with van der Waals surface area (Å²) in [6.45, 7) is 1.08. The van der Waals surface area contributed by atoms with Gasteiger partial charge in [-0.1, -0.05) is 23.2 Å². The molecule has 1 saturated carbocycles. The van der Waals surface area contributed by atoms with E-state index in [2.05, 4.69) is 5.32 Å². The summed E-state index contributed by atoms with van der Waals surface area (Å²) in [4.78, 5) is 0. The van der Waals surface area contributed by atoms with Gasteiger partial charge in [0.15, 0.2) is 0 Å². The second kappa shape index (κ2) is 4.09. The molecule has 0 bridgehead atoms. The Morgan fingerprint density at radius 1 is 1.29 bits per heavy atom. The zero-order chi connectivity index (χ0) is 10.1. The van der Waals surface area contributed by atoms with E-state index in [-0.39, 0.29) is 0 Å². The van der Waals surface area contributed by atoms with Gasteiger partial charge in [-0.05, 0) is 55.6 Å². The van der Waals surface area contributed by atoms with E-state index in [0.717, 1.165) is 22.5 Å². The zero-order valence-electron chi connectivity index (χ0n) is 8.06. The molecule has 0 aromatic heterocycles. The average molecular weight is 230 g/mol. The Labute approximate surface area is 94.4 Å². The highest BCUT2D eigenvalue weighted by Gasteiger charge is 2.37. The van der Waals surface area contributed by atoms with E-state index in [1.165, 1.54) is 12.0 Å². The summed E-state index contributed by atoms with van der Waals surface area (Å²) in [5.41, 5.74) is 1.28. The number of benzene rings is 1. The molecule has 0 radical (unpaired) electrons. The van der Waals surface area contributed by atoms with Crippen molar-refractivity contribution in [3.63, 3.8) is 0 Å². The summed E-state index contributed by atoms with van der Waals surface area (Å²) >= 11 is 11.9. The lowest BCUT2D eigenvalue weighted by Gasteiger charge is -2.02. The molecule has 0 saturated heterocycles. The molecule has 1 aliphatic rings. The van der Waals surface area contributed by atoms with Crippen LogP contribution >= 0.6 is 23.2 Å². The largest absolute Gasteiger partial charge is 0.319 e. The fraction of sp³-hybridized carbons (Fsp3) is 0.455. The highest BCUT2D eigenvalue weighted by molar-refractivity contribution is 6.34. The Balaban J connectivity index is 2.11. The van der Waals surface area contributed by atoms with Gasteiger partial charge in [0.25, 0.3) is 0 Å². The molecule has 0 amide bonds. The SMILES string of the molecule is CNC[C@@H]1C[C@H]1c1cc(Cl)cc(Cl)c1. The van der Waals surface area contributed by atoms with E-state index >= 15 is 0 Å². The van der Waals surface area contributed by atoms with Crippen LogP contribution in [-0.4, -0.2) is 13.6 Å². The Kier molecular flexibility index (Phi) is 3.01. The van der Waals surface area contributed by atoms with Crippen molar-refractivity contribution >= 4 is 23.2 Å². The summed E-state index contributed by atoms with van der Waals surface area (Å²) < 4.78 is 0. The van der Waals surface area contributed by atoms with Gasteiger partial charge in [-0.3, -0.25) is 0 Å². The standard InChI is InChI=1S/C11H13Cl2N/c1-14-6-8-4-11(8)7-2-9(12)5-10(13)3-7/h2-3,5,8,11,14H,4,6H2,1H3/t8-,11-/m0/s1. The van der Waals surface area contributed by atoms with Crippen LogP contribution in [0.25, 0.3) is 0 Å². The fourth-order valence-electron chi connectivity index (χ4n) is 1.93. The third-order valence-electron chi connectivity index (χ3n) is 2.70. The van der Waals surface area contributed by atoms with Crippen LogP contribution in [0, 0.1) is 5.92 Å². The van der Waals surface area contributed by atoms with Crippen LogP contribution in [-0.2, 0) is 0 Å². The predicted molar refractivity (Wildman–Crippen MR) is 61.2 cm³/mol. The summed E-state index contributed by atoms with van der Waals surface area (Å²) in [5, 5.41) is 4.67. The minimum Gasteiger partial charge on any atom is -0.319 e. The van der Waals surface area contributed by atoms with Gasteiger partial charge >= 0.3 is 0 Å². The van der Waals surface area contributed by atoms with Gasteiger partial charge in [-0.15, -0.1) is 0 Å². The molecule has 1 N–H and O–H groups in total. The molecule has 0 unspecified atom stereocenters. The van der Waals surface area contributed by atoms with Gasteiger partial charge in [0.1, 0.15) is 0 Å². The van der Waals surface area contributed by atoms with Gasteiger partial charge < -0.3 is 5.32 Å². The molecule has 14 heavy (non-hydrogen) atoms. The van der Waals surface area contributed by atoms with Crippen LogP contribution in [0.2, 0.25) is 10.0 Å². The lowest BCUT2D eigenvalue weighted by molar-refractivity contribution is 0.698. The molecule has 2 atom stereocenters. The van der Waals surface area contributed by atoms with Crippen LogP contribution in [0.1, 0.15) is 17.9 Å². The molecule has 0 heterocycles. The normalized spacial score (nSPS) is 25.1. The molecule has 1 nitrogen and oxygen atoms in total. The van der Waals surface area contributed by atoms with Crippen molar-refractivity contribution in [1.82, 2.24) is 5.32 Å². The molecule has 76 valence electrons. The summed E-state index contributed by atoms with van der Waals surface area (Å²) in [6.07, 6.45) is 1.25. The predicted octanol–water partition coefficient (Wildman–Crippen LogP) is 3.32. The average Bonchev–Trinajstić information content (AvgIpc) is 2.82. The smallest absolute Gasteiger partial charge is 0.0423 e. The van der Waals surface area contributed by atoms with E-state index < -0.39 is 0 Å². The zero-order valence-corrected chi connectivity index (χ0v) is 9.57. The minimum absolute atomic E-state index is 0.652. The Bertz CT molecular complexity index is 318. The van der Waals surface area contributed by atoms with Crippen LogP contribution in [0.4, 0.5) is 0 Å². The second-order valence-corrected chi connectivity index (χ2v) is 4.74. The molecule has 2 rings (SSSR count). The first-order chi connectivity index (χ1) is 6.70. The monoisotopic (exact) mass is 229 g/mol. The minimum atomic E-state index is 0.652. The lowest BCUT2D eigenvalue weighted by Crippen LogP contribution is -2.10. The van der Waals surface area contributed by atoms with Crippen molar-refractivity contribution < 1.29 is 0 Å². The quantitative estimate of drug-likeness (QED) is 0.839. The number of hydrogen-bond donors (Lipinski definition) is 1. The third-order valence-corrected chi connectivity index (χ3v) is 3.14.